The van der Waals surface area contributed by atoms with Crippen LogP contribution in [0.3, 0.4) is 0 Å². The van der Waals surface area contributed by atoms with Gasteiger partial charge in [0.2, 0.25) is 0 Å². The summed E-state index contributed by atoms with van der Waals surface area (Å²) in [6.07, 6.45) is 0.888. The fraction of sp³-hybridized carbons (Fsp3) is 0.100. The van der Waals surface area contributed by atoms with E-state index in [0.29, 0.717) is 5.88 Å². The Labute approximate surface area is 104 Å². The second kappa shape index (κ2) is 4.16. The molecule has 0 amide bonds. The fourth-order valence-corrected chi connectivity index (χ4v) is 3.50. The van der Waals surface area contributed by atoms with Gasteiger partial charge in [-0.05, 0) is 51.1 Å². The normalized spacial score (nSPS) is 10.7. The number of thiophene rings is 1. The smallest absolute Gasteiger partial charge is 0.151 e. The van der Waals surface area contributed by atoms with E-state index in [1.807, 2.05) is 17.5 Å². The first-order chi connectivity index (χ1) is 6.77. The quantitative estimate of drug-likeness (QED) is 0.459. The molecule has 0 bridgehead atoms. The van der Waals surface area contributed by atoms with Crippen LogP contribution in [0.5, 0.6) is 0 Å². The first-order valence-corrected chi connectivity index (χ1v) is 6.47. The van der Waals surface area contributed by atoms with Crippen molar-refractivity contribution in [3.8, 4) is 0 Å². The zero-order valence-electron chi connectivity index (χ0n) is 7.09. The number of benzene rings is 1. The molecule has 4 heteroatoms. The second-order valence-electron chi connectivity index (χ2n) is 2.84. The van der Waals surface area contributed by atoms with Crippen molar-refractivity contribution >= 4 is 61.9 Å². The lowest BCUT2D eigenvalue weighted by molar-refractivity contribution is 0.112. The largest absolute Gasteiger partial charge is 0.298 e. The first-order valence-electron chi connectivity index (χ1n) is 3.97. The Morgan fingerprint density at radius 2 is 2.36 bits per heavy atom. The molecule has 0 unspecified atom stereocenters. The molecular formula is C10H6ClIOS. The maximum Gasteiger partial charge on any atom is 0.151 e. The minimum Gasteiger partial charge on any atom is -0.298 e. The highest BCUT2D eigenvalue weighted by atomic mass is 127. The Hall–Kier alpha value is -0.130. The predicted octanol–water partition coefficient (Wildman–Crippen LogP) is 4.06. The molecular weight excluding hydrogens is 331 g/mol. The summed E-state index contributed by atoms with van der Waals surface area (Å²) in [5.41, 5.74) is 1.69. The zero-order chi connectivity index (χ0) is 10.1. The molecule has 0 N–H and O–H groups in total. The Morgan fingerprint density at radius 1 is 1.57 bits per heavy atom. The Kier molecular flexibility index (Phi) is 3.09. The minimum atomic E-state index is 0.391. The van der Waals surface area contributed by atoms with Crippen molar-refractivity contribution in [3.05, 3.63) is 32.2 Å². The number of rotatable bonds is 2. The van der Waals surface area contributed by atoms with Crippen LogP contribution < -0.4 is 0 Å². The van der Waals surface area contributed by atoms with Crippen LogP contribution in [-0.2, 0) is 5.88 Å². The van der Waals surface area contributed by atoms with Crippen molar-refractivity contribution in [2.45, 2.75) is 5.88 Å². The van der Waals surface area contributed by atoms with Crippen LogP contribution >= 0.6 is 45.5 Å². The summed E-state index contributed by atoms with van der Waals surface area (Å²) in [5, 5.41) is 3.19. The molecule has 0 aliphatic heterocycles. The highest BCUT2D eigenvalue weighted by Gasteiger charge is 2.11. The Balaban J connectivity index is 2.88. The van der Waals surface area contributed by atoms with E-state index >= 15 is 0 Å². The van der Waals surface area contributed by atoms with Crippen LogP contribution in [0.4, 0.5) is 0 Å². The summed E-state index contributed by atoms with van der Waals surface area (Å²) in [5.74, 6) is 0.391. The van der Waals surface area contributed by atoms with Crippen molar-refractivity contribution < 1.29 is 4.79 Å². The standard InChI is InChI=1S/C10H6ClIOS/c11-4-7-8(5-13)9(12)3-6-1-2-14-10(6)7/h1-3,5H,4H2. The van der Waals surface area contributed by atoms with Crippen molar-refractivity contribution in [1.29, 1.82) is 0 Å². The van der Waals surface area contributed by atoms with Crippen molar-refractivity contribution in [2.24, 2.45) is 0 Å². The molecule has 1 aromatic heterocycles. The topological polar surface area (TPSA) is 17.1 Å². The van der Waals surface area contributed by atoms with Gasteiger partial charge in [0.1, 0.15) is 0 Å². The van der Waals surface area contributed by atoms with E-state index in [4.69, 9.17) is 11.6 Å². The van der Waals surface area contributed by atoms with Crippen LogP contribution in [0.2, 0.25) is 0 Å². The minimum absolute atomic E-state index is 0.391. The van der Waals surface area contributed by atoms with E-state index in [1.54, 1.807) is 11.3 Å². The maximum absolute atomic E-state index is 10.9. The van der Waals surface area contributed by atoms with Gasteiger partial charge in [-0.2, -0.15) is 0 Å². The highest BCUT2D eigenvalue weighted by molar-refractivity contribution is 14.1. The van der Waals surface area contributed by atoms with E-state index in [9.17, 15) is 4.79 Å². The fourth-order valence-electron chi connectivity index (χ4n) is 1.42. The van der Waals surface area contributed by atoms with Crippen LogP contribution in [-0.4, -0.2) is 6.29 Å². The van der Waals surface area contributed by atoms with Crippen LogP contribution in [0.25, 0.3) is 10.1 Å². The van der Waals surface area contributed by atoms with Gasteiger partial charge >= 0.3 is 0 Å². The zero-order valence-corrected chi connectivity index (χ0v) is 10.8. The van der Waals surface area contributed by atoms with Crippen LogP contribution in [0.15, 0.2) is 17.5 Å². The summed E-state index contributed by atoms with van der Waals surface area (Å²) in [6.45, 7) is 0. The van der Waals surface area contributed by atoms with Gasteiger partial charge in [-0.3, -0.25) is 4.79 Å². The Bertz CT molecular complexity index is 492. The second-order valence-corrected chi connectivity index (χ2v) is 5.19. The average Bonchev–Trinajstić information content (AvgIpc) is 2.62. The van der Waals surface area contributed by atoms with E-state index in [-0.39, 0.29) is 0 Å². The third-order valence-corrected chi connectivity index (χ3v) is 4.24. The van der Waals surface area contributed by atoms with Gasteiger partial charge in [0, 0.05) is 19.7 Å². The van der Waals surface area contributed by atoms with Crippen molar-refractivity contribution in [2.75, 3.05) is 0 Å². The van der Waals surface area contributed by atoms with Gasteiger partial charge in [-0.15, -0.1) is 22.9 Å². The molecule has 14 heavy (non-hydrogen) atoms. The molecule has 0 aliphatic carbocycles. The maximum atomic E-state index is 10.9. The van der Waals surface area contributed by atoms with Crippen LogP contribution in [0, 0.1) is 3.57 Å². The van der Waals surface area contributed by atoms with Gasteiger partial charge in [0.05, 0.1) is 0 Å². The van der Waals surface area contributed by atoms with Gasteiger partial charge in [-0.25, -0.2) is 0 Å². The van der Waals surface area contributed by atoms with E-state index in [2.05, 4.69) is 22.6 Å². The number of alkyl halides is 1. The summed E-state index contributed by atoms with van der Waals surface area (Å²) in [4.78, 5) is 10.9. The molecule has 0 radical (unpaired) electrons. The molecule has 1 nitrogen and oxygen atoms in total. The summed E-state index contributed by atoms with van der Waals surface area (Å²) in [7, 11) is 0. The monoisotopic (exact) mass is 336 g/mol. The molecule has 72 valence electrons. The Morgan fingerprint density at radius 3 is 3.00 bits per heavy atom. The van der Waals surface area contributed by atoms with Crippen LogP contribution in [0.1, 0.15) is 15.9 Å². The molecule has 1 heterocycles. The number of hydrogen-bond donors (Lipinski definition) is 0. The van der Waals surface area contributed by atoms with Gasteiger partial charge in [0.25, 0.3) is 0 Å². The summed E-state index contributed by atoms with van der Waals surface area (Å²) >= 11 is 9.66. The lowest BCUT2D eigenvalue weighted by Gasteiger charge is -2.04. The number of aldehydes is 1. The number of fused-ring (bicyclic) bond motifs is 1. The van der Waals surface area contributed by atoms with E-state index < -0.39 is 0 Å². The van der Waals surface area contributed by atoms with Gasteiger partial charge in [-0.1, -0.05) is 0 Å². The molecule has 0 fully saturated rings. The summed E-state index contributed by atoms with van der Waals surface area (Å²) in [6, 6.07) is 4.07. The molecule has 2 rings (SSSR count). The number of carbonyl (C=O) groups excluding carboxylic acids is 1. The third-order valence-electron chi connectivity index (χ3n) is 2.09. The summed E-state index contributed by atoms with van der Waals surface area (Å²) < 4.78 is 2.10. The lowest BCUT2D eigenvalue weighted by Crippen LogP contribution is -1.93. The average molecular weight is 337 g/mol. The SMILES string of the molecule is O=Cc1c(I)cc2ccsc2c1CCl. The first kappa shape index (κ1) is 10.4. The number of carbonyl (C=O) groups is 1. The highest BCUT2D eigenvalue weighted by Crippen LogP contribution is 2.31. The molecule has 0 saturated heterocycles. The number of hydrogen-bond acceptors (Lipinski definition) is 2. The third kappa shape index (κ3) is 1.57. The number of halogens is 2. The van der Waals surface area contributed by atoms with E-state index in [0.717, 1.165) is 25.7 Å². The molecule has 0 spiro atoms. The molecule has 0 atom stereocenters. The van der Waals surface area contributed by atoms with Crippen molar-refractivity contribution in [1.82, 2.24) is 0 Å². The predicted molar refractivity (Wildman–Crippen MR) is 69.5 cm³/mol. The van der Waals surface area contributed by atoms with Gasteiger partial charge < -0.3 is 0 Å². The molecule has 0 aliphatic rings. The molecule has 2 aromatic rings. The van der Waals surface area contributed by atoms with Crippen molar-refractivity contribution in [3.63, 3.8) is 0 Å². The molecule has 0 saturated carbocycles. The van der Waals surface area contributed by atoms with E-state index in [1.165, 1.54) is 5.39 Å². The van der Waals surface area contributed by atoms with Gasteiger partial charge in [0.15, 0.2) is 6.29 Å². The molecule has 1 aromatic carbocycles. The lowest BCUT2D eigenvalue weighted by atomic mass is 10.1.